The van der Waals surface area contributed by atoms with Crippen LogP contribution in [0.25, 0.3) is 0 Å². The zero-order valence-electron chi connectivity index (χ0n) is 13.8. The summed E-state index contributed by atoms with van der Waals surface area (Å²) in [5.74, 6) is 0.257. The standard InChI is InChI=1S/C18H25NO3/c1-12(2)18-10-9-17(4,22-18)16(15(18)19-20)21-11-14-8-6-5-7-13(14)3/h5-8,12,16,20H,9-11H2,1-4H3/t16-,17+,18+/m1/s1. The molecule has 4 heteroatoms. The third kappa shape index (κ3) is 2.17. The van der Waals surface area contributed by atoms with E-state index in [1.54, 1.807) is 0 Å². The lowest BCUT2D eigenvalue weighted by Crippen LogP contribution is -2.48. The number of ether oxygens (including phenoxy) is 2. The van der Waals surface area contributed by atoms with Crippen LogP contribution in [0, 0.1) is 12.8 Å². The summed E-state index contributed by atoms with van der Waals surface area (Å²) >= 11 is 0. The number of rotatable bonds is 4. The Hall–Kier alpha value is -1.39. The van der Waals surface area contributed by atoms with Gasteiger partial charge in [0.1, 0.15) is 17.4 Å². The lowest BCUT2D eigenvalue weighted by Gasteiger charge is -2.32. The first-order chi connectivity index (χ1) is 10.4. The molecule has 1 aromatic carbocycles. The molecule has 3 rings (SSSR count). The van der Waals surface area contributed by atoms with Crippen molar-refractivity contribution in [1.82, 2.24) is 0 Å². The molecule has 22 heavy (non-hydrogen) atoms. The van der Waals surface area contributed by atoms with Gasteiger partial charge in [0.25, 0.3) is 0 Å². The van der Waals surface area contributed by atoms with Crippen LogP contribution in [-0.4, -0.2) is 28.2 Å². The predicted octanol–water partition coefficient (Wildman–Crippen LogP) is 3.69. The Morgan fingerprint density at radius 2 is 2.09 bits per heavy atom. The van der Waals surface area contributed by atoms with Crippen molar-refractivity contribution in [2.24, 2.45) is 11.1 Å². The summed E-state index contributed by atoms with van der Waals surface area (Å²) in [5.41, 5.74) is 2.15. The Bertz CT molecular complexity index is 598. The van der Waals surface area contributed by atoms with Gasteiger partial charge in [0.2, 0.25) is 0 Å². The molecule has 2 aliphatic heterocycles. The van der Waals surface area contributed by atoms with E-state index in [2.05, 4.69) is 45.0 Å². The normalized spacial score (nSPS) is 35.7. The van der Waals surface area contributed by atoms with E-state index < -0.39 is 11.2 Å². The summed E-state index contributed by atoms with van der Waals surface area (Å²) in [7, 11) is 0. The van der Waals surface area contributed by atoms with Crippen LogP contribution in [0.3, 0.4) is 0 Å². The number of fused-ring (bicyclic) bond motifs is 2. The van der Waals surface area contributed by atoms with Crippen molar-refractivity contribution in [3.8, 4) is 0 Å². The third-order valence-corrected chi connectivity index (χ3v) is 5.35. The molecule has 0 amide bonds. The second-order valence-electron chi connectivity index (χ2n) is 7.06. The average Bonchev–Trinajstić information content (AvgIpc) is 2.96. The fourth-order valence-electron chi connectivity index (χ4n) is 3.87. The molecule has 1 aromatic rings. The number of hydrogen-bond acceptors (Lipinski definition) is 4. The first-order valence-electron chi connectivity index (χ1n) is 8.01. The van der Waals surface area contributed by atoms with Gasteiger partial charge >= 0.3 is 0 Å². The Morgan fingerprint density at radius 3 is 2.73 bits per heavy atom. The number of hydrogen-bond donors (Lipinski definition) is 1. The maximum absolute atomic E-state index is 9.57. The molecule has 1 N–H and O–H groups in total. The average molecular weight is 303 g/mol. The van der Waals surface area contributed by atoms with Gasteiger partial charge in [-0.1, -0.05) is 43.3 Å². The maximum Gasteiger partial charge on any atom is 0.131 e. The van der Waals surface area contributed by atoms with E-state index in [-0.39, 0.29) is 12.0 Å². The van der Waals surface area contributed by atoms with Gasteiger partial charge in [-0.3, -0.25) is 0 Å². The molecule has 120 valence electrons. The van der Waals surface area contributed by atoms with Crippen LogP contribution in [-0.2, 0) is 16.1 Å². The molecule has 0 saturated carbocycles. The zero-order valence-corrected chi connectivity index (χ0v) is 13.8. The fourth-order valence-corrected chi connectivity index (χ4v) is 3.87. The smallest absolute Gasteiger partial charge is 0.131 e. The second-order valence-corrected chi connectivity index (χ2v) is 7.06. The van der Waals surface area contributed by atoms with E-state index in [1.807, 2.05) is 12.1 Å². The van der Waals surface area contributed by atoms with Crippen LogP contribution < -0.4 is 0 Å². The highest BCUT2D eigenvalue weighted by molar-refractivity contribution is 6.00. The van der Waals surface area contributed by atoms with E-state index in [1.165, 1.54) is 5.56 Å². The van der Waals surface area contributed by atoms with E-state index in [4.69, 9.17) is 9.47 Å². The van der Waals surface area contributed by atoms with Crippen LogP contribution in [0.5, 0.6) is 0 Å². The largest absolute Gasteiger partial charge is 0.411 e. The van der Waals surface area contributed by atoms with Gasteiger partial charge in [0.05, 0.1) is 12.2 Å². The number of benzene rings is 1. The van der Waals surface area contributed by atoms with Crippen molar-refractivity contribution in [2.75, 3.05) is 0 Å². The molecule has 4 nitrogen and oxygen atoms in total. The summed E-state index contributed by atoms with van der Waals surface area (Å²) in [6, 6.07) is 8.19. The minimum Gasteiger partial charge on any atom is -0.411 e. The molecule has 2 aliphatic rings. The molecule has 2 saturated heterocycles. The number of aryl methyl sites for hydroxylation is 1. The summed E-state index contributed by atoms with van der Waals surface area (Å²) in [6.45, 7) is 8.87. The first kappa shape index (κ1) is 15.5. The van der Waals surface area contributed by atoms with Crippen molar-refractivity contribution in [1.29, 1.82) is 0 Å². The van der Waals surface area contributed by atoms with E-state index in [9.17, 15) is 5.21 Å². The van der Waals surface area contributed by atoms with Gasteiger partial charge in [-0.25, -0.2) is 0 Å². The molecule has 0 unspecified atom stereocenters. The van der Waals surface area contributed by atoms with Gasteiger partial charge in [-0.2, -0.15) is 0 Å². The molecule has 0 spiro atoms. The lowest BCUT2D eigenvalue weighted by atomic mass is 9.74. The Balaban J connectivity index is 1.84. The summed E-state index contributed by atoms with van der Waals surface area (Å²) in [5, 5.41) is 13.2. The van der Waals surface area contributed by atoms with Gasteiger partial charge in [0.15, 0.2) is 0 Å². The lowest BCUT2D eigenvalue weighted by molar-refractivity contribution is -0.0959. The Kier molecular flexibility index (Phi) is 3.77. The van der Waals surface area contributed by atoms with Crippen molar-refractivity contribution in [2.45, 2.75) is 64.4 Å². The molecule has 0 aliphatic carbocycles. The molecule has 2 fully saturated rings. The van der Waals surface area contributed by atoms with Crippen LogP contribution in [0.1, 0.15) is 44.7 Å². The van der Waals surface area contributed by atoms with E-state index in [0.29, 0.717) is 12.3 Å². The first-order valence-corrected chi connectivity index (χ1v) is 8.01. The zero-order chi connectivity index (χ0) is 16.0. The van der Waals surface area contributed by atoms with Crippen molar-refractivity contribution in [3.05, 3.63) is 35.4 Å². The topological polar surface area (TPSA) is 51.0 Å². The highest BCUT2D eigenvalue weighted by atomic mass is 16.6. The molecule has 0 radical (unpaired) electrons. The molecular weight excluding hydrogens is 278 g/mol. The van der Waals surface area contributed by atoms with Gasteiger partial charge < -0.3 is 14.7 Å². The Morgan fingerprint density at radius 1 is 1.36 bits per heavy atom. The van der Waals surface area contributed by atoms with Gasteiger partial charge in [-0.15, -0.1) is 0 Å². The summed E-state index contributed by atoms with van der Waals surface area (Å²) in [4.78, 5) is 0. The van der Waals surface area contributed by atoms with Gasteiger partial charge in [0, 0.05) is 0 Å². The van der Waals surface area contributed by atoms with Crippen LogP contribution in [0.15, 0.2) is 29.4 Å². The second kappa shape index (κ2) is 5.36. The summed E-state index contributed by atoms with van der Waals surface area (Å²) in [6.07, 6.45) is 1.54. The summed E-state index contributed by atoms with van der Waals surface area (Å²) < 4.78 is 12.5. The van der Waals surface area contributed by atoms with Crippen LogP contribution in [0.2, 0.25) is 0 Å². The molecule has 0 aromatic heterocycles. The minimum absolute atomic E-state index is 0.257. The van der Waals surface area contributed by atoms with Crippen molar-refractivity contribution >= 4 is 5.71 Å². The van der Waals surface area contributed by atoms with Crippen molar-refractivity contribution in [3.63, 3.8) is 0 Å². The molecular formula is C18H25NO3. The highest BCUT2D eigenvalue weighted by Gasteiger charge is 2.65. The number of oxime groups is 1. The van der Waals surface area contributed by atoms with E-state index >= 15 is 0 Å². The van der Waals surface area contributed by atoms with Crippen LogP contribution in [0.4, 0.5) is 0 Å². The molecule has 3 atom stereocenters. The van der Waals surface area contributed by atoms with E-state index in [0.717, 1.165) is 18.4 Å². The molecule has 2 bridgehead atoms. The Labute approximate surface area is 132 Å². The monoisotopic (exact) mass is 303 g/mol. The maximum atomic E-state index is 9.57. The quantitative estimate of drug-likeness (QED) is 0.682. The SMILES string of the molecule is Cc1ccccc1CO[C@@H]1C(=NO)[C@@]2(C(C)C)CC[C@]1(C)O2. The predicted molar refractivity (Wildman–Crippen MR) is 85.3 cm³/mol. The number of nitrogens with zero attached hydrogens (tertiary/aromatic N) is 1. The van der Waals surface area contributed by atoms with Crippen molar-refractivity contribution < 1.29 is 14.7 Å². The van der Waals surface area contributed by atoms with Gasteiger partial charge in [-0.05, 0) is 43.7 Å². The third-order valence-electron chi connectivity index (χ3n) is 5.35. The van der Waals surface area contributed by atoms with Crippen LogP contribution >= 0.6 is 0 Å². The molecule has 2 heterocycles. The minimum atomic E-state index is -0.472. The highest BCUT2D eigenvalue weighted by Crippen LogP contribution is 2.53. The fraction of sp³-hybridized carbons (Fsp3) is 0.611.